The smallest absolute Gasteiger partial charge is 0.133 e. The van der Waals surface area contributed by atoms with Gasteiger partial charge in [0.05, 0.1) is 6.10 Å². The molecule has 3 fully saturated rings. The summed E-state index contributed by atoms with van der Waals surface area (Å²) in [6.07, 6.45) is 20.1. The number of hydrogen-bond donors (Lipinski definition) is 1. The van der Waals surface area contributed by atoms with Crippen LogP contribution in [0.25, 0.3) is 0 Å². The lowest BCUT2D eigenvalue weighted by Crippen LogP contribution is -2.50. The zero-order chi connectivity index (χ0) is 26.8. The summed E-state index contributed by atoms with van der Waals surface area (Å²) >= 11 is 0. The number of carbonyl (C=O) groups is 1. The Hall–Kier alpha value is -0.670. The molecule has 0 aromatic rings. The third-order valence-corrected chi connectivity index (χ3v) is 12.1. The van der Waals surface area contributed by atoms with Crippen LogP contribution in [-0.4, -0.2) is 42.5 Å². The molecule has 0 spiro atoms. The number of unbranched alkanes of at least 4 members (excludes halogenated alkanes) is 1. The number of aliphatic hydroxyl groups is 1. The van der Waals surface area contributed by atoms with E-state index in [1.54, 1.807) is 5.57 Å². The van der Waals surface area contributed by atoms with Gasteiger partial charge in [0.15, 0.2) is 0 Å². The van der Waals surface area contributed by atoms with E-state index in [-0.39, 0.29) is 6.10 Å². The van der Waals surface area contributed by atoms with Crippen LogP contribution in [0.4, 0.5) is 0 Å². The number of fused-ring (bicyclic) bond motifs is 5. The maximum atomic E-state index is 12.4. The van der Waals surface area contributed by atoms with E-state index in [1.165, 1.54) is 57.8 Å². The van der Waals surface area contributed by atoms with Crippen LogP contribution in [0.3, 0.4) is 0 Å². The second-order valence-electron chi connectivity index (χ2n) is 14.9. The van der Waals surface area contributed by atoms with Gasteiger partial charge in [-0.15, -0.1) is 0 Å². The summed E-state index contributed by atoms with van der Waals surface area (Å²) in [5.41, 5.74) is 2.47. The third kappa shape index (κ3) is 6.40. The first-order chi connectivity index (χ1) is 17.5. The molecule has 3 heteroatoms. The predicted molar refractivity (Wildman–Crippen MR) is 155 cm³/mol. The molecule has 0 aliphatic heterocycles. The third-order valence-electron chi connectivity index (χ3n) is 12.1. The molecular weight excluding hydrogens is 454 g/mol. The van der Waals surface area contributed by atoms with Crippen LogP contribution >= 0.6 is 0 Å². The van der Waals surface area contributed by atoms with Gasteiger partial charge in [-0.05, 0) is 131 Å². The minimum Gasteiger partial charge on any atom is -0.393 e. The molecule has 2 unspecified atom stereocenters. The zero-order valence-electron chi connectivity index (χ0n) is 25.2. The van der Waals surface area contributed by atoms with Crippen molar-refractivity contribution in [3.63, 3.8) is 0 Å². The Morgan fingerprint density at radius 1 is 1.03 bits per heavy atom. The first-order valence-electron chi connectivity index (χ1n) is 16.1. The van der Waals surface area contributed by atoms with E-state index in [9.17, 15) is 9.90 Å². The highest BCUT2D eigenvalue weighted by atomic mass is 16.3. The fourth-order valence-electron chi connectivity index (χ4n) is 9.95. The average molecular weight is 514 g/mol. The minimum atomic E-state index is -0.102. The molecule has 0 heterocycles. The van der Waals surface area contributed by atoms with E-state index in [0.717, 1.165) is 74.7 Å². The lowest BCUT2D eigenvalue weighted by atomic mass is 9.47. The van der Waals surface area contributed by atoms with Gasteiger partial charge >= 0.3 is 0 Å². The van der Waals surface area contributed by atoms with E-state index >= 15 is 0 Å². The fraction of sp³-hybridized carbons (Fsp3) is 0.912. The lowest BCUT2D eigenvalue weighted by molar-refractivity contribution is -0.120. The van der Waals surface area contributed by atoms with Crippen molar-refractivity contribution in [1.82, 2.24) is 4.90 Å². The van der Waals surface area contributed by atoms with Gasteiger partial charge in [-0.3, -0.25) is 4.79 Å². The molecule has 0 radical (unpaired) electrons. The van der Waals surface area contributed by atoms with Gasteiger partial charge in [-0.2, -0.15) is 0 Å². The molecule has 4 aliphatic rings. The standard InChI is InChI=1S/C34H59NO2/c1-24(22-27(36)12-7-8-21-35(5)6)10-9-11-25(2)30-15-16-31-29-14-13-26-23-28(37)17-19-33(26,3)32(29)18-20-34(30,31)4/h13,24-25,28-32,37H,7-12,14-23H2,1-6H3/t24?,25?,28-,29-,30+,31-,32-,33-,34+/m0/s1. The highest BCUT2D eigenvalue weighted by Crippen LogP contribution is 2.67. The Morgan fingerprint density at radius 2 is 1.81 bits per heavy atom. The summed E-state index contributed by atoms with van der Waals surface area (Å²) in [4.78, 5) is 14.6. The van der Waals surface area contributed by atoms with Crippen molar-refractivity contribution in [2.75, 3.05) is 20.6 Å². The van der Waals surface area contributed by atoms with Crippen molar-refractivity contribution in [2.45, 2.75) is 130 Å². The summed E-state index contributed by atoms with van der Waals surface area (Å²) in [5, 5.41) is 10.3. The van der Waals surface area contributed by atoms with Gasteiger partial charge in [0.25, 0.3) is 0 Å². The largest absolute Gasteiger partial charge is 0.393 e. The molecule has 4 aliphatic carbocycles. The SMILES string of the molecule is CC(CCCC(C)[C@H]1CC[C@H]2[C@@H]3CC=C4C[C@@H](O)CC[C@]4(C)[C@H]3CC[C@]12C)CC(=O)CCCCN(C)C. The predicted octanol–water partition coefficient (Wildman–Crippen LogP) is 8.06. The van der Waals surface area contributed by atoms with Crippen molar-refractivity contribution in [1.29, 1.82) is 0 Å². The maximum absolute atomic E-state index is 12.4. The summed E-state index contributed by atoms with van der Waals surface area (Å²) in [5.74, 6) is 5.29. The Labute approximate surface area is 229 Å². The van der Waals surface area contributed by atoms with Crippen LogP contribution in [-0.2, 0) is 4.79 Å². The molecule has 4 rings (SSSR count). The Morgan fingerprint density at radius 3 is 2.57 bits per heavy atom. The summed E-state index contributed by atoms with van der Waals surface area (Å²) in [7, 11) is 4.21. The molecule has 0 amide bonds. The van der Waals surface area contributed by atoms with Gasteiger partial charge in [0.1, 0.15) is 5.78 Å². The average Bonchev–Trinajstić information content (AvgIpc) is 3.19. The molecule has 3 nitrogen and oxygen atoms in total. The van der Waals surface area contributed by atoms with E-state index in [2.05, 4.69) is 52.8 Å². The number of hydrogen-bond acceptors (Lipinski definition) is 3. The number of rotatable bonds is 12. The van der Waals surface area contributed by atoms with E-state index < -0.39 is 0 Å². The molecule has 0 aromatic heterocycles. The van der Waals surface area contributed by atoms with Crippen molar-refractivity contribution < 1.29 is 9.90 Å². The fourth-order valence-corrected chi connectivity index (χ4v) is 9.95. The number of ketones is 1. The summed E-state index contributed by atoms with van der Waals surface area (Å²) in [6, 6.07) is 0. The maximum Gasteiger partial charge on any atom is 0.133 e. The normalized spacial score (nSPS) is 38.9. The van der Waals surface area contributed by atoms with Gasteiger partial charge < -0.3 is 10.0 Å². The number of Topliss-reactive ketones (excluding diaryl/α,β-unsaturated/α-hetero) is 1. The first-order valence-corrected chi connectivity index (χ1v) is 16.1. The minimum absolute atomic E-state index is 0.102. The van der Waals surface area contributed by atoms with Gasteiger partial charge in [-0.25, -0.2) is 0 Å². The number of carbonyl (C=O) groups excluding carboxylic acids is 1. The van der Waals surface area contributed by atoms with E-state index in [1.807, 2.05) is 0 Å². The molecule has 0 saturated heterocycles. The van der Waals surface area contributed by atoms with Crippen molar-refractivity contribution in [3.8, 4) is 0 Å². The van der Waals surface area contributed by atoms with Crippen LogP contribution in [0, 0.1) is 46.3 Å². The van der Waals surface area contributed by atoms with Crippen molar-refractivity contribution >= 4 is 5.78 Å². The highest BCUT2D eigenvalue weighted by molar-refractivity contribution is 5.78. The van der Waals surface area contributed by atoms with Crippen LogP contribution < -0.4 is 0 Å². The van der Waals surface area contributed by atoms with Crippen LogP contribution in [0.5, 0.6) is 0 Å². The van der Waals surface area contributed by atoms with Gasteiger partial charge in [-0.1, -0.05) is 58.6 Å². The molecule has 0 aromatic carbocycles. The molecule has 3 saturated carbocycles. The Bertz CT molecular complexity index is 804. The second kappa shape index (κ2) is 12.2. The number of allylic oxidation sites excluding steroid dienone is 1. The molecule has 9 atom stereocenters. The molecular formula is C34H59NO2. The molecule has 0 bridgehead atoms. The van der Waals surface area contributed by atoms with Crippen LogP contribution in [0.1, 0.15) is 124 Å². The van der Waals surface area contributed by atoms with Crippen LogP contribution in [0.15, 0.2) is 11.6 Å². The number of aliphatic hydroxyl groups excluding tert-OH is 1. The summed E-state index contributed by atoms with van der Waals surface area (Å²) in [6.45, 7) is 11.2. The van der Waals surface area contributed by atoms with Gasteiger partial charge in [0.2, 0.25) is 0 Å². The lowest BCUT2D eigenvalue weighted by Gasteiger charge is -2.58. The van der Waals surface area contributed by atoms with Crippen molar-refractivity contribution in [3.05, 3.63) is 11.6 Å². The zero-order valence-corrected chi connectivity index (χ0v) is 25.2. The quantitative estimate of drug-likeness (QED) is 0.212. The van der Waals surface area contributed by atoms with Crippen LogP contribution in [0.2, 0.25) is 0 Å². The number of nitrogens with zero attached hydrogens (tertiary/aromatic N) is 1. The molecule has 37 heavy (non-hydrogen) atoms. The Kier molecular flexibility index (Phi) is 9.70. The van der Waals surface area contributed by atoms with Gasteiger partial charge in [0, 0.05) is 12.8 Å². The molecule has 1 N–H and O–H groups in total. The Balaban J connectivity index is 1.25. The van der Waals surface area contributed by atoms with Crippen molar-refractivity contribution in [2.24, 2.45) is 46.3 Å². The topological polar surface area (TPSA) is 40.5 Å². The molecule has 212 valence electrons. The summed E-state index contributed by atoms with van der Waals surface area (Å²) < 4.78 is 0. The van der Waals surface area contributed by atoms with E-state index in [4.69, 9.17) is 0 Å². The monoisotopic (exact) mass is 513 g/mol. The second-order valence-corrected chi connectivity index (χ2v) is 14.9. The van der Waals surface area contributed by atoms with E-state index in [0.29, 0.717) is 22.5 Å². The first kappa shape index (κ1) is 29.3. The highest BCUT2D eigenvalue weighted by Gasteiger charge is 2.59.